The minimum absolute atomic E-state index is 0.118. The highest BCUT2D eigenvalue weighted by molar-refractivity contribution is 6.30. The van der Waals surface area contributed by atoms with Gasteiger partial charge in [-0.05, 0) is 77.0 Å². The van der Waals surface area contributed by atoms with Gasteiger partial charge in [-0.3, -0.25) is 4.79 Å². The van der Waals surface area contributed by atoms with Crippen molar-refractivity contribution in [1.82, 2.24) is 25.0 Å². The van der Waals surface area contributed by atoms with E-state index in [4.69, 9.17) is 16.3 Å². The fourth-order valence-corrected chi connectivity index (χ4v) is 5.10. The van der Waals surface area contributed by atoms with Crippen LogP contribution < -0.4 is 5.32 Å². The van der Waals surface area contributed by atoms with Crippen LogP contribution in [0.5, 0.6) is 0 Å². The van der Waals surface area contributed by atoms with Crippen LogP contribution in [0.2, 0.25) is 5.02 Å². The maximum atomic E-state index is 12.8. The number of rotatable bonds is 4. The lowest BCUT2D eigenvalue weighted by Gasteiger charge is -2.40. The molecule has 1 aliphatic heterocycles. The molecule has 1 unspecified atom stereocenters. The molecule has 0 saturated heterocycles. The van der Waals surface area contributed by atoms with Gasteiger partial charge in [-0.25, -0.2) is 4.79 Å². The molecule has 0 bridgehead atoms. The van der Waals surface area contributed by atoms with Gasteiger partial charge in [0.25, 0.3) is 0 Å². The number of amides is 2. The van der Waals surface area contributed by atoms with Gasteiger partial charge in [-0.2, -0.15) is 0 Å². The predicted molar refractivity (Wildman–Crippen MR) is 125 cm³/mol. The van der Waals surface area contributed by atoms with Gasteiger partial charge in [0.2, 0.25) is 5.91 Å². The third-order valence-corrected chi connectivity index (χ3v) is 6.71. The molecule has 8 nitrogen and oxygen atoms in total. The lowest BCUT2D eigenvalue weighted by Crippen LogP contribution is -2.48. The summed E-state index contributed by atoms with van der Waals surface area (Å²) >= 11 is 6.25. The summed E-state index contributed by atoms with van der Waals surface area (Å²) in [5, 5.41) is 12.1. The molecule has 1 aromatic carbocycles. The van der Waals surface area contributed by atoms with E-state index in [-0.39, 0.29) is 23.9 Å². The molecule has 1 fully saturated rings. The number of alkyl carbamates (subject to hydrolysis) is 1. The van der Waals surface area contributed by atoms with Gasteiger partial charge in [0.05, 0.1) is 12.6 Å². The first-order valence-corrected chi connectivity index (χ1v) is 11.9. The van der Waals surface area contributed by atoms with Crippen LogP contribution in [0.1, 0.15) is 69.7 Å². The number of fused-ring (bicyclic) bond motifs is 1. The molecule has 2 aliphatic rings. The number of nitrogens with zero attached hydrogens (tertiary/aromatic N) is 4. The topological polar surface area (TPSA) is 89.4 Å². The number of ether oxygens (including phenoxy) is 1. The Balaban J connectivity index is 1.45. The number of halogens is 1. The minimum atomic E-state index is -0.575. The van der Waals surface area contributed by atoms with E-state index in [0.29, 0.717) is 18.1 Å². The second kappa shape index (κ2) is 9.33. The molecule has 1 N–H and O–H groups in total. The lowest BCUT2D eigenvalue weighted by molar-refractivity contribution is -0.137. The number of aromatic nitrogens is 3. The summed E-state index contributed by atoms with van der Waals surface area (Å²) in [5.74, 6) is 1.96. The van der Waals surface area contributed by atoms with E-state index in [1.54, 1.807) is 0 Å². The van der Waals surface area contributed by atoms with Gasteiger partial charge in [0, 0.05) is 11.1 Å². The van der Waals surface area contributed by atoms with Crippen LogP contribution in [-0.2, 0) is 22.6 Å². The fraction of sp³-hybridized carbons (Fsp3) is 0.583. The van der Waals surface area contributed by atoms with Crippen molar-refractivity contribution < 1.29 is 14.3 Å². The Morgan fingerprint density at radius 3 is 2.58 bits per heavy atom. The maximum absolute atomic E-state index is 12.8. The fourth-order valence-electron chi connectivity index (χ4n) is 4.90. The van der Waals surface area contributed by atoms with Gasteiger partial charge in [0.1, 0.15) is 18.0 Å². The molecule has 4 rings (SSSR count). The van der Waals surface area contributed by atoms with Crippen molar-refractivity contribution in [3.63, 3.8) is 0 Å². The summed E-state index contributed by atoms with van der Waals surface area (Å²) in [7, 11) is 0. The second-order valence-electron chi connectivity index (χ2n) is 10.0. The van der Waals surface area contributed by atoms with E-state index in [2.05, 4.69) is 15.5 Å². The zero-order chi connectivity index (χ0) is 23.8. The third-order valence-electron chi connectivity index (χ3n) is 6.47. The van der Waals surface area contributed by atoms with E-state index < -0.39 is 11.7 Å². The average Bonchev–Trinajstić information content (AvgIpc) is 3.10. The SMILES string of the molecule is Cc1nnc2n1CC(=O)N(C1CCC(C(NC(=O)OC(C)(C)C)c3cccc(Cl)c3)CC1)C2. The standard InChI is InChI=1S/C24H32ClN5O3/c1-15-27-28-20-13-30(21(31)14-29(15)20)19-10-8-16(9-11-19)22(17-6-5-7-18(25)12-17)26-23(32)33-24(2,3)4/h5-7,12,16,19,22H,8-11,13-14H2,1-4H3,(H,26,32). The highest BCUT2D eigenvalue weighted by Crippen LogP contribution is 2.38. The molecule has 0 spiro atoms. The summed E-state index contributed by atoms with van der Waals surface area (Å²) in [6, 6.07) is 7.58. The smallest absolute Gasteiger partial charge is 0.408 e. The molecule has 1 aromatic heterocycles. The van der Waals surface area contributed by atoms with Crippen molar-refractivity contribution in [2.24, 2.45) is 5.92 Å². The van der Waals surface area contributed by atoms with Gasteiger partial charge in [-0.1, -0.05) is 23.7 Å². The quantitative estimate of drug-likeness (QED) is 0.710. The van der Waals surface area contributed by atoms with Gasteiger partial charge >= 0.3 is 6.09 Å². The van der Waals surface area contributed by atoms with Crippen LogP contribution in [0.3, 0.4) is 0 Å². The van der Waals surface area contributed by atoms with Crippen LogP contribution in [0.4, 0.5) is 4.79 Å². The molecular weight excluding hydrogens is 442 g/mol. The van der Waals surface area contributed by atoms with E-state index in [0.717, 1.165) is 42.9 Å². The second-order valence-corrected chi connectivity index (χ2v) is 10.5. The summed E-state index contributed by atoms with van der Waals surface area (Å²) in [6.45, 7) is 8.24. The monoisotopic (exact) mass is 473 g/mol. The van der Waals surface area contributed by atoms with Crippen molar-refractivity contribution >= 4 is 23.6 Å². The zero-order valence-electron chi connectivity index (χ0n) is 19.7. The molecule has 1 saturated carbocycles. The number of hydrogen-bond acceptors (Lipinski definition) is 5. The molecule has 0 radical (unpaired) electrons. The van der Waals surface area contributed by atoms with Crippen LogP contribution in [0, 0.1) is 12.8 Å². The largest absolute Gasteiger partial charge is 0.444 e. The maximum Gasteiger partial charge on any atom is 0.408 e. The van der Waals surface area contributed by atoms with Crippen molar-refractivity contribution in [3.05, 3.63) is 46.5 Å². The van der Waals surface area contributed by atoms with E-state index >= 15 is 0 Å². The van der Waals surface area contributed by atoms with Crippen LogP contribution in [0.25, 0.3) is 0 Å². The predicted octanol–water partition coefficient (Wildman–Crippen LogP) is 4.41. The van der Waals surface area contributed by atoms with Gasteiger partial charge in [0.15, 0.2) is 5.82 Å². The summed E-state index contributed by atoms with van der Waals surface area (Å²) in [4.78, 5) is 27.4. The van der Waals surface area contributed by atoms with Crippen LogP contribution in [-0.4, -0.2) is 43.3 Å². The molecule has 2 amide bonds. The Morgan fingerprint density at radius 1 is 1.18 bits per heavy atom. The van der Waals surface area contributed by atoms with Crippen molar-refractivity contribution in [3.8, 4) is 0 Å². The van der Waals surface area contributed by atoms with Crippen molar-refractivity contribution in [2.45, 2.75) is 84.2 Å². The number of carbonyl (C=O) groups is 2. The molecule has 1 aliphatic carbocycles. The summed E-state index contributed by atoms with van der Waals surface area (Å²) < 4.78 is 7.42. The lowest BCUT2D eigenvalue weighted by atomic mass is 9.78. The molecule has 2 aromatic rings. The van der Waals surface area contributed by atoms with Crippen molar-refractivity contribution in [1.29, 1.82) is 0 Å². The summed E-state index contributed by atoms with van der Waals surface area (Å²) in [6.07, 6.45) is 3.07. The first kappa shape index (κ1) is 23.5. The number of carbonyl (C=O) groups excluding carboxylic acids is 2. The average molecular weight is 474 g/mol. The number of benzene rings is 1. The van der Waals surface area contributed by atoms with Crippen LogP contribution in [0.15, 0.2) is 24.3 Å². The van der Waals surface area contributed by atoms with E-state index in [1.165, 1.54) is 0 Å². The Hall–Kier alpha value is -2.61. The molecule has 33 heavy (non-hydrogen) atoms. The van der Waals surface area contributed by atoms with E-state index in [1.807, 2.05) is 61.4 Å². The Labute approximate surface area is 199 Å². The Morgan fingerprint density at radius 2 is 1.91 bits per heavy atom. The van der Waals surface area contributed by atoms with Crippen molar-refractivity contribution in [2.75, 3.05) is 0 Å². The molecule has 9 heteroatoms. The molecule has 178 valence electrons. The first-order chi connectivity index (χ1) is 15.6. The molecular formula is C24H32ClN5O3. The third kappa shape index (κ3) is 5.49. The highest BCUT2D eigenvalue weighted by Gasteiger charge is 2.36. The number of aryl methyl sites for hydroxylation is 1. The summed E-state index contributed by atoms with van der Waals surface area (Å²) in [5.41, 5.74) is 0.392. The normalized spacial score (nSPS) is 22.0. The minimum Gasteiger partial charge on any atom is -0.444 e. The Bertz CT molecular complexity index is 1020. The molecule has 2 heterocycles. The zero-order valence-corrected chi connectivity index (χ0v) is 20.4. The van der Waals surface area contributed by atoms with Crippen LogP contribution >= 0.6 is 11.6 Å². The van der Waals surface area contributed by atoms with E-state index in [9.17, 15) is 9.59 Å². The highest BCUT2D eigenvalue weighted by atomic mass is 35.5. The van der Waals surface area contributed by atoms with Gasteiger partial charge in [-0.15, -0.1) is 10.2 Å². The van der Waals surface area contributed by atoms with Gasteiger partial charge < -0.3 is 19.5 Å². The number of nitrogens with one attached hydrogen (secondary N) is 1. The Kier molecular flexibility index (Phi) is 6.66. The first-order valence-electron chi connectivity index (χ1n) is 11.5. The molecule has 1 atom stereocenters. The number of hydrogen-bond donors (Lipinski definition) is 1.